The lowest BCUT2D eigenvalue weighted by Crippen LogP contribution is -2.32. The number of anilines is 1. The maximum Gasteiger partial charge on any atom is 0.326 e. The Hall–Kier alpha value is -4.38. The lowest BCUT2D eigenvalue weighted by molar-refractivity contribution is -0.137. The molecule has 0 spiro atoms. The zero-order chi connectivity index (χ0) is 25.3. The van der Waals surface area contributed by atoms with Gasteiger partial charge in [0.05, 0.1) is 6.61 Å². The number of hydrogen-bond acceptors (Lipinski definition) is 4. The van der Waals surface area contributed by atoms with E-state index in [-0.39, 0.29) is 12.2 Å². The molecule has 36 heavy (non-hydrogen) atoms. The van der Waals surface area contributed by atoms with Crippen molar-refractivity contribution in [3.8, 4) is 5.75 Å². The Kier molecular flexibility index (Phi) is 8.14. The number of aryl methyl sites for hydroxylation is 1. The van der Waals surface area contributed by atoms with Gasteiger partial charge in [-0.1, -0.05) is 78.9 Å². The fourth-order valence-corrected chi connectivity index (χ4v) is 4.07. The quantitative estimate of drug-likeness (QED) is 0.260. The van der Waals surface area contributed by atoms with Crippen molar-refractivity contribution in [3.05, 3.63) is 131 Å². The van der Waals surface area contributed by atoms with Crippen LogP contribution in [-0.4, -0.2) is 29.5 Å². The van der Waals surface area contributed by atoms with Gasteiger partial charge in [-0.3, -0.25) is 4.79 Å². The maximum absolute atomic E-state index is 13.0. The first-order valence-corrected chi connectivity index (χ1v) is 12.0. The fourth-order valence-electron chi connectivity index (χ4n) is 4.07. The number of nitrogens with one attached hydrogen (secondary N) is 1. The number of carbonyl (C=O) groups is 2. The predicted octanol–water partition coefficient (Wildman–Crippen LogP) is 5.96. The number of rotatable bonds is 11. The number of carboxylic acid groups (broad SMARTS) is 1. The molecule has 0 fully saturated rings. The van der Waals surface area contributed by atoms with Crippen LogP contribution in [0, 0.1) is 6.92 Å². The van der Waals surface area contributed by atoms with Crippen molar-refractivity contribution in [1.29, 1.82) is 0 Å². The van der Waals surface area contributed by atoms with Crippen LogP contribution in [0.1, 0.15) is 32.6 Å². The number of carboxylic acids is 1. The number of benzene rings is 4. The third-order valence-electron chi connectivity index (χ3n) is 6.10. The van der Waals surface area contributed by atoms with Gasteiger partial charge in [-0.15, -0.1) is 0 Å². The first-order chi connectivity index (χ1) is 17.5. The standard InChI is InChI=1S/C31H29NO4/c1-22-9-5-6-10-24(22)19-20-36-26-17-15-23(16-18-26)21-29(31(34)35)32-28-14-8-7-13-27(28)30(33)25-11-3-2-4-12-25/h2-18,29,32H,19-21H2,1H3,(H,34,35)/t29-/m0/s1. The first kappa shape index (κ1) is 24.7. The molecule has 0 saturated heterocycles. The van der Waals surface area contributed by atoms with Gasteiger partial charge in [-0.05, 0) is 47.9 Å². The Morgan fingerprint density at radius 1 is 0.833 bits per heavy atom. The second kappa shape index (κ2) is 11.8. The average molecular weight is 480 g/mol. The lowest BCUT2D eigenvalue weighted by Gasteiger charge is -2.18. The summed E-state index contributed by atoms with van der Waals surface area (Å²) in [4.78, 5) is 25.1. The highest BCUT2D eigenvalue weighted by Crippen LogP contribution is 2.22. The summed E-state index contributed by atoms with van der Waals surface area (Å²) in [6.07, 6.45) is 1.08. The number of carbonyl (C=O) groups excluding carboxylic acids is 1. The number of hydrogen-bond donors (Lipinski definition) is 2. The Morgan fingerprint density at radius 3 is 2.22 bits per heavy atom. The van der Waals surface area contributed by atoms with Crippen molar-refractivity contribution in [2.45, 2.75) is 25.8 Å². The molecule has 0 saturated carbocycles. The third-order valence-corrected chi connectivity index (χ3v) is 6.10. The van der Waals surface area contributed by atoms with E-state index in [1.165, 1.54) is 11.1 Å². The van der Waals surface area contributed by atoms with Crippen molar-refractivity contribution in [2.24, 2.45) is 0 Å². The van der Waals surface area contributed by atoms with Crippen LogP contribution in [0.4, 0.5) is 5.69 Å². The van der Waals surface area contributed by atoms with Gasteiger partial charge < -0.3 is 15.2 Å². The summed E-state index contributed by atoms with van der Waals surface area (Å²) in [6, 6.07) is 30.8. The molecular formula is C31H29NO4. The highest BCUT2D eigenvalue weighted by atomic mass is 16.5. The summed E-state index contributed by atoms with van der Waals surface area (Å²) >= 11 is 0. The van der Waals surface area contributed by atoms with Gasteiger partial charge in [0, 0.05) is 29.7 Å². The third kappa shape index (κ3) is 6.39. The van der Waals surface area contributed by atoms with E-state index in [9.17, 15) is 14.7 Å². The van der Waals surface area contributed by atoms with E-state index in [0.717, 1.165) is 17.7 Å². The summed E-state index contributed by atoms with van der Waals surface area (Å²) in [7, 11) is 0. The van der Waals surface area contributed by atoms with Crippen molar-refractivity contribution in [1.82, 2.24) is 0 Å². The minimum absolute atomic E-state index is 0.157. The smallest absolute Gasteiger partial charge is 0.326 e. The van der Waals surface area contributed by atoms with Crippen molar-refractivity contribution < 1.29 is 19.4 Å². The predicted molar refractivity (Wildman–Crippen MR) is 142 cm³/mol. The highest BCUT2D eigenvalue weighted by molar-refractivity contribution is 6.12. The summed E-state index contributed by atoms with van der Waals surface area (Å²) in [5, 5.41) is 12.9. The Bertz CT molecular complexity index is 1320. The van der Waals surface area contributed by atoms with E-state index >= 15 is 0 Å². The molecule has 0 amide bonds. The molecule has 0 aliphatic rings. The van der Waals surface area contributed by atoms with Crippen LogP contribution in [0.25, 0.3) is 0 Å². The molecular weight excluding hydrogens is 450 g/mol. The van der Waals surface area contributed by atoms with Crippen LogP contribution in [0.3, 0.4) is 0 Å². The molecule has 2 N–H and O–H groups in total. The van der Waals surface area contributed by atoms with E-state index in [1.807, 2.05) is 42.5 Å². The molecule has 0 aromatic heterocycles. The van der Waals surface area contributed by atoms with Crippen LogP contribution in [0.2, 0.25) is 0 Å². The van der Waals surface area contributed by atoms with Gasteiger partial charge in [-0.25, -0.2) is 4.79 Å². The molecule has 0 aliphatic heterocycles. The molecule has 4 rings (SSSR count). The number of ether oxygens (including phenoxy) is 1. The van der Waals surface area contributed by atoms with Gasteiger partial charge in [0.25, 0.3) is 0 Å². The second-order valence-electron chi connectivity index (χ2n) is 8.65. The summed E-state index contributed by atoms with van der Waals surface area (Å²) in [5.41, 5.74) is 4.85. The van der Waals surface area contributed by atoms with Gasteiger partial charge >= 0.3 is 5.97 Å². The zero-order valence-electron chi connectivity index (χ0n) is 20.2. The molecule has 0 heterocycles. The Balaban J connectivity index is 1.40. The van der Waals surface area contributed by atoms with Crippen LogP contribution < -0.4 is 10.1 Å². The highest BCUT2D eigenvalue weighted by Gasteiger charge is 2.21. The molecule has 4 aromatic rings. The zero-order valence-corrected chi connectivity index (χ0v) is 20.2. The molecule has 0 radical (unpaired) electrons. The Labute approximate surface area is 211 Å². The number of ketones is 1. The number of para-hydroxylation sites is 1. The van der Waals surface area contributed by atoms with E-state index in [4.69, 9.17) is 4.74 Å². The summed E-state index contributed by atoms with van der Waals surface area (Å²) in [6.45, 7) is 2.66. The topological polar surface area (TPSA) is 75.6 Å². The van der Waals surface area contributed by atoms with Crippen molar-refractivity contribution in [2.75, 3.05) is 11.9 Å². The van der Waals surface area contributed by atoms with Gasteiger partial charge in [0.15, 0.2) is 5.78 Å². The largest absolute Gasteiger partial charge is 0.493 e. The Morgan fingerprint density at radius 2 is 1.50 bits per heavy atom. The minimum atomic E-state index is -0.990. The van der Waals surface area contributed by atoms with Crippen molar-refractivity contribution in [3.63, 3.8) is 0 Å². The fraction of sp³-hybridized carbons (Fsp3) is 0.161. The second-order valence-corrected chi connectivity index (χ2v) is 8.65. The first-order valence-electron chi connectivity index (χ1n) is 12.0. The van der Waals surface area contributed by atoms with Crippen LogP contribution in [0.15, 0.2) is 103 Å². The van der Waals surface area contributed by atoms with Gasteiger partial charge in [0.1, 0.15) is 11.8 Å². The monoisotopic (exact) mass is 479 g/mol. The molecule has 1 atom stereocenters. The summed E-state index contributed by atoms with van der Waals surface area (Å²) < 4.78 is 5.88. The molecule has 182 valence electrons. The summed E-state index contributed by atoms with van der Waals surface area (Å²) in [5.74, 6) is -0.406. The van der Waals surface area contributed by atoms with E-state index in [0.29, 0.717) is 23.4 Å². The maximum atomic E-state index is 13.0. The molecule has 5 nitrogen and oxygen atoms in total. The SMILES string of the molecule is Cc1ccccc1CCOc1ccc(C[C@H](Nc2ccccc2C(=O)c2ccccc2)C(=O)O)cc1. The molecule has 5 heteroatoms. The molecule has 4 aromatic carbocycles. The molecule has 0 aliphatic carbocycles. The molecule has 0 unspecified atom stereocenters. The van der Waals surface area contributed by atoms with Gasteiger partial charge in [0.2, 0.25) is 0 Å². The van der Waals surface area contributed by atoms with Crippen LogP contribution in [0.5, 0.6) is 5.75 Å². The van der Waals surface area contributed by atoms with E-state index < -0.39 is 12.0 Å². The van der Waals surface area contributed by atoms with Crippen molar-refractivity contribution >= 4 is 17.4 Å². The lowest BCUT2D eigenvalue weighted by atomic mass is 10.00. The average Bonchev–Trinajstić information content (AvgIpc) is 2.90. The number of aliphatic carboxylic acids is 1. The molecule has 0 bridgehead atoms. The normalized spacial score (nSPS) is 11.5. The minimum Gasteiger partial charge on any atom is -0.493 e. The van der Waals surface area contributed by atoms with Crippen LogP contribution in [-0.2, 0) is 17.6 Å². The van der Waals surface area contributed by atoms with Gasteiger partial charge in [-0.2, -0.15) is 0 Å². The van der Waals surface area contributed by atoms with E-state index in [1.54, 1.807) is 48.5 Å². The van der Waals surface area contributed by atoms with E-state index in [2.05, 4.69) is 24.4 Å². The van der Waals surface area contributed by atoms with Crippen LogP contribution >= 0.6 is 0 Å².